The van der Waals surface area contributed by atoms with Gasteiger partial charge in [-0.3, -0.25) is 4.79 Å². The smallest absolute Gasteiger partial charge is 0.245 e. The molecule has 1 amide bonds. The second kappa shape index (κ2) is 10.9. The first-order valence-corrected chi connectivity index (χ1v) is 12.3. The molecule has 9 heteroatoms. The molecule has 1 unspecified atom stereocenters. The van der Waals surface area contributed by atoms with Gasteiger partial charge in [-0.2, -0.15) is 4.39 Å². The number of pyridine rings is 1. The fraction of sp³-hybridized carbons (Fsp3) is 0.214. The molecule has 0 spiro atoms. The van der Waals surface area contributed by atoms with E-state index in [-0.39, 0.29) is 18.4 Å². The summed E-state index contributed by atoms with van der Waals surface area (Å²) in [5, 5.41) is 4.61. The molecule has 37 heavy (non-hydrogen) atoms. The van der Waals surface area contributed by atoms with Gasteiger partial charge in [0.05, 0.1) is 16.2 Å². The average Bonchev–Trinajstić information content (AvgIpc) is 2.92. The monoisotopic (exact) mass is 517 g/mol. The number of hydrogen-bond acceptors (Lipinski definition) is 6. The normalized spacial score (nSPS) is 15.4. The highest BCUT2D eigenvalue weighted by atomic mass is 35.5. The quantitative estimate of drug-likeness (QED) is 0.238. The summed E-state index contributed by atoms with van der Waals surface area (Å²) in [5.41, 5.74) is 3.15. The molecule has 1 fully saturated rings. The van der Waals surface area contributed by atoms with Gasteiger partial charge in [0.1, 0.15) is 24.5 Å². The fourth-order valence-corrected chi connectivity index (χ4v) is 4.76. The van der Waals surface area contributed by atoms with Gasteiger partial charge in [-0.1, -0.05) is 30.3 Å². The van der Waals surface area contributed by atoms with Crippen LogP contribution in [0.25, 0.3) is 10.9 Å². The van der Waals surface area contributed by atoms with Crippen molar-refractivity contribution in [3.05, 3.63) is 95.8 Å². The van der Waals surface area contributed by atoms with Gasteiger partial charge < -0.3 is 15.0 Å². The molecule has 2 aromatic heterocycles. The SMILES string of the molecule is C=CC(=O)N1CCCC(c2ccc3ncnc(Nc4ccc(OCc5cccc(F)n5)c(Cl)c4)c3c2)C1. The van der Waals surface area contributed by atoms with E-state index < -0.39 is 5.95 Å². The average molecular weight is 518 g/mol. The highest BCUT2D eigenvalue weighted by molar-refractivity contribution is 6.32. The number of ether oxygens (including phenoxy) is 1. The van der Waals surface area contributed by atoms with Crippen LogP contribution in [0.4, 0.5) is 15.9 Å². The molecular formula is C28H25ClFN5O2. The topological polar surface area (TPSA) is 80.2 Å². The van der Waals surface area contributed by atoms with Crippen molar-refractivity contribution in [1.82, 2.24) is 19.9 Å². The van der Waals surface area contributed by atoms with Crippen LogP contribution in [-0.4, -0.2) is 38.8 Å². The summed E-state index contributed by atoms with van der Waals surface area (Å²) in [7, 11) is 0. The van der Waals surface area contributed by atoms with Crippen molar-refractivity contribution in [2.24, 2.45) is 0 Å². The first-order chi connectivity index (χ1) is 18.0. The molecule has 1 aliphatic rings. The Bertz CT molecular complexity index is 1460. The van der Waals surface area contributed by atoms with E-state index in [1.54, 1.807) is 24.3 Å². The van der Waals surface area contributed by atoms with E-state index in [0.29, 0.717) is 28.8 Å². The van der Waals surface area contributed by atoms with E-state index >= 15 is 0 Å². The zero-order valence-electron chi connectivity index (χ0n) is 20.0. The number of nitrogens with zero attached hydrogens (tertiary/aromatic N) is 4. The number of hydrogen-bond donors (Lipinski definition) is 1. The Kier molecular flexibility index (Phi) is 7.28. The number of halogens is 2. The maximum absolute atomic E-state index is 13.3. The number of carbonyl (C=O) groups excluding carboxylic acids is 1. The number of piperidine rings is 1. The zero-order chi connectivity index (χ0) is 25.8. The summed E-state index contributed by atoms with van der Waals surface area (Å²) in [5.74, 6) is 0.749. The maximum atomic E-state index is 13.3. The molecule has 1 aliphatic heterocycles. The van der Waals surface area contributed by atoms with Gasteiger partial charge >= 0.3 is 0 Å². The molecule has 0 saturated carbocycles. The van der Waals surface area contributed by atoms with Gasteiger partial charge in [0, 0.05) is 30.1 Å². The summed E-state index contributed by atoms with van der Waals surface area (Å²) < 4.78 is 19.0. The molecule has 1 atom stereocenters. The van der Waals surface area contributed by atoms with Crippen molar-refractivity contribution >= 4 is 39.9 Å². The van der Waals surface area contributed by atoms with Gasteiger partial charge in [0.2, 0.25) is 11.9 Å². The number of amides is 1. The third kappa shape index (κ3) is 5.70. The Morgan fingerprint density at radius 2 is 2.11 bits per heavy atom. The van der Waals surface area contributed by atoms with E-state index in [2.05, 4.69) is 39.0 Å². The second-order valence-corrected chi connectivity index (χ2v) is 9.24. The summed E-state index contributed by atoms with van der Waals surface area (Å²) in [4.78, 5) is 26.6. The molecule has 7 nitrogen and oxygen atoms in total. The fourth-order valence-electron chi connectivity index (χ4n) is 4.52. The first kappa shape index (κ1) is 24.6. The number of carbonyl (C=O) groups is 1. The van der Waals surface area contributed by atoms with E-state index in [1.807, 2.05) is 17.0 Å². The lowest BCUT2D eigenvalue weighted by Crippen LogP contribution is -2.38. The lowest BCUT2D eigenvalue weighted by molar-refractivity contribution is -0.127. The van der Waals surface area contributed by atoms with Crippen molar-refractivity contribution in [2.45, 2.75) is 25.4 Å². The van der Waals surface area contributed by atoms with Crippen molar-refractivity contribution in [3.63, 3.8) is 0 Å². The van der Waals surface area contributed by atoms with Crippen LogP contribution >= 0.6 is 11.6 Å². The van der Waals surface area contributed by atoms with Crippen LogP contribution in [0.15, 0.2) is 73.6 Å². The van der Waals surface area contributed by atoms with Crippen molar-refractivity contribution in [1.29, 1.82) is 0 Å². The Balaban J connectivity index is 1.34. The van der Waals surface area contributed by atoms with Gasteiger partial charge in [-0.15, -0.1) is 0 Å². The van der Waals surface area contributed by atoms with Crippen molar-refractivity contribution < 1.29 is 13.9 Å². The zero-order valence-corrected chi connectivity index (χ0v) is 20.8. The van der Waals surface area contributed by atoms with Crippen LogP contribution in [0.2, 0.25) is 5.02 Å². The third-order valence-electron chi connectivity index (χ3n) is 6.38. The molecule has 0 aliphatic carbocycles. The predicted octanol–water partition coefficient (Wildman–Crippen LogP) is 6.03. The molecule has 188 valence electrons. The Morgan fingerprint density at radius 1 is 1.22 bits per heavy atom. The lowest BCUT2D eigenvalue weighted by Gasteiger charge is -2.32. The standard InChI is InChI=1S/C28H25ClFN5O2/c1-2-27(36)35-12-4-5-19(15-35)18-8-10-24-22(13-18)28(32-17-31-24)34-20-9-11-25(23(29)14-20)37-16-21-6-3-7-26(30)33-21/h2-3,6-11,13-14,17,19H,1,4-5,12,15-16H2,(H,31,32,34). The minimum absolute atomic E-state index is 0.0346. The molecule has 3 heterocycles. The van der Waals surface area contributed by atoms with Crippen LogP contribution in [0.5, 0.6) is 5.75 Å². The molecule has 4 aromatic rings. The summed E-state index contributed by atoms with van der Waals surface area (Å²) in [6.45, 7) is 5.13. The van der Waals surface area contributed by atoms with E-state index in [9.17, 15) is 9.18 Å². The number of anilines is 2. The lowest BCUT2D eigenvalue weighted by atomic mass is 9.90. The minimum Gasteiger partial charge on any atom is -0.486 e. The molecular weight excluding hydrogens is 493 g/mol. The van der Waals surface area contributed by atoms with Crippen LogP contribution in [-0.2, 0) is 11.4 Å². The second-order valence-electron chi connectivity index (χ2n) is 8.84. The van der Waals surface area contributed by atoms with Crippen LogP contribution < -0.4 is 10.1 Å². The Hall–Kier alpha value is -4.04. The number of nitrogens with one attached hydrogen (secondary N) is 1. The number of fused-ring (bicyclic) bond motifs is 1. The predicted molar refractivity (Wildman–Crippen MR) is 142 cm³/mol. The summed E-state index contributed by atoms with van der Waals surface area (Å²) in [6.07, 6.45) is 4.84. The number of aromatic nitrogens is 3. The van der Waals surface area contributed by atoms with Crippen LogP contribution in [0, 0.1) is 5.95 Å². The van der Waals surface area contributed by atoms with Gasteiger partial charge in [0.15, 0.2) is 0 Å². The molecule has 0 bridgehead atoms. The summed E-state index contributed by atoms with van der Waals surface area (Å²) >= 11 is 6.46. The van der Waals surface area contributed by atoms with Crippen molar-refractivity contribution in [2.75, 3.05) is 18.4 Å². The van der Waals surface area contributed by atoms with Gasteiger partial charge in [-0.25, -0.2) is 15.0 Å². The number of likely N-dealkylation sites (tertiary alicyclic amines) is 1. The highest BCUT2D eigenvalue weighted by Gasteiger charge is 2.24. The highest BCUT2D eigenvalue weighted by Crippen LogP contribution is 2.33. The van der Waals surface area contributed by atoms with E-state index in [1.165, 1.54) is 18.5 Å². The minimum atomic E-state index is -0.557. The number of benzene rings is 2. The summed E-state index contributed by atoms with van der Waals surface area (Å²) in [6, 6.07) is 16.0. The first-order valence-electron chi connectivity index (χ1n) is 12.0. The van der Waals surface area contributed by atoms with Gasteiger partial charge in [-0.05, 0) is 66.9 Å². The Morgan fingerprint density at radius 3 is 2.92 bits per heavy atom. The molecule has 1 saturated heterocycles. The molecule has 5 rings (SSSR count). The number of rotatable bonds is 7. The molecule has 2 aromatic carbocycles. The van der Waals surface area contributed by atoms with Crippen LogP contribution in [0.1, 0.15) is 30.0 Å². The molecule has 1 N–H and O–H groups in total. The maximum Gasteiger partial charge on any atom is 0.245 e. The largest absolute Gasteiger partial charge is 0.486 e. The van der Waals surface area contributed by atoms with Crippen LogP contribution in [0.3, 0.4) is 0 Å². The Labute approximate surface area is 219 Å². The van der Waals surface area contributed by atoms with Gasteiger partial charge in [0.25, 0.3) is 0 Å². The van der Waals surface area contributed by atoms with E-state index in [4.69, 9.17) is 16.3 Å². The third-order valence-corrected chi connectivity index (χ3v) is 6.68. The van der Waals surface area contributed by atoms with Crippen molar-refractivity contribution in [3.8, 4) is 5.75 Å². The van der Waals surface area contributed by atoms with E-state index in [0.717, 1.165) is 41.5 Å². The molecule has 0 radical (unpaired) electrons.